The Morgan fingerprint density at radius 2 is 1.60 bits per heavy atom. The molecule has 3 rings (SSSR count). The molecule has 1 aliphatic carbocycles. The molecule has 1 aromatic carbocycles. The number of hydrogen-bond acceptors (Lipinski definition) is 2. The first kappa shape index (κ1) is 16.6. The topological polar surface area (TPSA) is 18.5 Å². The average molecular weight is 348 g/mol. The van der Waals surface area contributed by atoms with Gasteiger partial charge in [-0.2, -0.15) is 35.9 Å². The zero-order valence-electron chi connectivity index (χ0n) is 12.3. The fraction of sp³-hybridized carbons (Fsp3) is 0.647. The Morgan fingerprint density at radius 1 is 1.00 bits per heavy atom. The SMILES string of the molecule is CC1COC(C2CCC(c3cc[c-]cc3)CC2)OC1.[Y]. The molecule has 2 nitrogen and oxygen atoms in total. The molecule has 1 heterocycles. The fourth-order valence-electron chi connectivity index (χ4n) is 3.28. The quantitative estimate of drug-likeness (QED) is 0.758. The van der Waals surface area contributed by atoms with E-state index in [9.17, 15) is 0 Å². The Balaban J connectivity index is 0.00000147. The molecule has 3 heteroatoms. The summed E-state index contributed by atoms with van der Waals surface area (Å²) in [5.41, 5.74) is 1.47. The summed E-state index contributed by atoms with van der Waals surface area (Å²) in [6.45, 7) is 3.90. The Kier molecular flexibility index (Phi) is 6.67. The van der Waals surface area contributed by atoms with Gasteiger partial charge in [-0.15, -0.1) is 0 Å². The molecule has 1 radical (unpaired) electrons. The molecule has 0 amide bonds. The van der Waals surface area contributed by atoms with Crippen molar-refractivity contribution in [2.45, 2.75) is 44.8 Å². The summed E-state index contributed by atoms with van der Waals surface area (Å²) in [6, 6.07) is 11.6. The number of ether oxygens (including phenoxy) is 2. The zero-order valence-corrected chi connectivity index (χ0v) is 15.1. The molecular weight excluding hydrogens is 325 g/mol. The molecular formula is C17H23O2Y-. The average Bonchev–Trinajstić information content (AvgIpc) is 2.49. The molecule has 1 saturated carbocycles. The van der Waals surface area contributed by atoms with E-state index >= 15 is 0 Å². The van der Waals surface area contributed by atoms with E-state index in [1.54, 1.807) is 0 Å². The van der Waals surface area contributed by atoms with Crippen LogP contribution in [-0.4, -0.2) is 19.5 Å². The standard InChI is InChI=1S/C17H23O2.Y/c1-13-11-18-17(19-12-13)16-9-7-15(8-10-16)14-5-3-2-4-6-14;/h3-6,13,15-17H,7-12H2,1H3;/q-1;. The molecule has 0 atom stereocenters. The monoisotopic (exact) mass is 348 g/mol. The largest absolute Gasteiger partial charge is 0.352 e. The predicted octanol–water partition coefficient (Wildman–Crippen LogP) is 3.77. The van der Waals surface area contributed by atoms with Crippen LogP contribution in [0.4, 0.5) is 0 Å². The first-order valence-corrected chi connectivity index (χ1v) is 7.52. The van der Waals surface area contributed by atoms with E-state index in [1.165, 1.54) is 31.2 Å². The molecule has 2 fully saturated rings. The van der Waals surface area contributed by atoms with E-state index in [-0.39, 0.29) is 39.0 Å². The summed E-state index contributed by atoms with van der Waals surface area (Å²) in [6.07, 6.45) is 5.02. The van der Waals surface area contributed by atoms with Crippen LogP contribution in [0.15, 0.2) is 24.3 Å². The smallest absolute Gasteiger partial charge is 0.160 e. The normalized spacial score (nSPS) is 34.2. The second kappa shape index (κ2) is 8.03. The zero-order chi connectivity index (χ0) is 13.1. The summed E-state index contributed by atoms with van der Waals surface area (Å²) >= 11 is 0. The molecule has 1 saturated heterocycles. The van der Waals surface area contributed by atoms with Gasteiger partial charge in [0.1, 0.15) is 0 Å². The van der Waals surface area contributed by atoms with Crippen LogP contribution in [-0.2, 0) is 42.2 Å². The van der Waals surface area contributed by atoms with E-state index in [1.807, 2.05) is 12.1 Å². The molecule has 107 valence electrons. The molecule has 20 heavy (non-hydrogen) atoms. The van der Waals surface area contributed by atoms with Crippen LogP contribution in [0.3, 0.4) is 0 Å². The van der Waals surface area contributed by atoms with Gasteiger partial charge >= 0.3 is 0 Å². The maximum absolute atomic E-state index is 5.84. The van der Waals surface area contributed by atoms with E-state index in [0.29, 0.717) is 17.8 Å². The summed E-state index contributed by atoms with van der Waals surface area (Å²) in [7, 11) is 0. The van der Waals surface area contributed by atoms with Crippen molar-refractivity contribution in [3.8, 4) is 0 Å². The first-order chi connectivity index (χ1) is 9.33. The van der Waals surface area contributed by atoms with Crippen LogP contribution in [0.1, 0.15) is 44.1 Å². The molecule has 1 aromatic rings. The summed E-state index contributed by atoms with van der Waals surface area (Å²) < 4.78 is 11.7. The minimum absolute atomic E-state index is 0. The van der Waals surface area contributed by atoms with Crippen molar-refractivity contribution < 1.29 is 42.2 Å². The van der Waals surface area contributed by atoms with E-state index in [0.717, 1.165) is 13.2 Å². The van der Waals surface area contributed by atoms with Crippen molar-refractivity contribution in [3.05, 3.63) is 35.9 Å². The van der Waals surface area contributed by atoms with E-state index < -0.39 is 0 Å². The maximum atomic E-state index is 5.84. The molecule has 0 spiro atoms. The van der Waals surface area contributed by atoms with Gasteiger partial charge in [-0.1, -0.05) is 6.92 Å². The third-order valence-electron chi connectivity index (χ3n) is 4.46. The van der Waals surface area contributed by atoms with Gasteiger partial charge in [0.2, 0.25) is 0 Å². The van der Waals surface area contributed by atoms with Crippen molar-refractivity contribution in [2.75, 3.05) is 13.2 Å². The molecule has 0 bridgehead atoms. The van der Waals surface area contributed by atoms with Gasteiger partial charge in [0, 0.05) is 44.5 Å². The maximum Gasteiger partial charge on any atom is 0.160 e. The Hall–Kier alpha value is 0.244. The fourth-order valence-corrected chi connectivity index (χ4v) is 3.28. The molecule has 0 N–H and O–H groups in total. The van der Waals surface area contributed by atoms with Crippen LogP contribution in [0.25, 0.3) is 0 Å². The minimum Gasteiger partial charge on any atom is -0.352 e. The van der Waals surface area contributed by atoms with Crippen LogP contribution in [0.2, 0.25) is 0 Å². The molecule has 0 unspecified atom stereocenters. The van der Waals surface area contributed by atoms with Gasteiger partial charge in [0.15, 0.2) is 6.29 Å². The van der Waals surface area contributed by atoms with Crippen molar-refractivity contribution in [2.24, 2.45) is 11.8 Å². The number of rotatable bonds is 2. The predicted molar refractivity (Wildman–Crippen MR) is 74.8 cm³/mol. The van der Waals surface area contributed by atoms with Gasteiger partial charge in [0.25, 0.3) is 0 Å². The van der Waals surface area contributed by atoms with Crippen LogP contribution in [0.5, 0.6) is 0 Å². The van der Waals surface area contributed by atoms with Gasteiger partial charge in [0.05, 0.1) is 13.2 Å². The Labute approximate surface area is 147 Å². The van der Waals surface area contributed by atoms with Crippen LogP contribution in [0, 0.1) is 17.9 Å². The molecule has 2 aliphatic rings. The van der Waals surface area contributed by atoms with Gasteiger partial charge in [-0.05, 0) is 31.6 Å². The van der Waals surface area contributed by atoms with Crippen molar-refractivity contribution in [3.63, 3.8) is 0 Å². The van der Waals surface area contributed by atoms with E-state index in [4.69, 9.17) is 9.47 Å². The minimum atomic E-state index is 0. The number of hydrogen-bond donors (Lipinski definition) is 0. The third kappa shape index (κ3) is 4.13. The second-order valence-electron chi connectivity index (χ2n) is 6.09. The summed E-state index contributed by atoms with van der Waals surface area (Å²) in [5.74, 6) is 1.86. The van der Waals surface area contributed by atoms with Crippen molar-refractivity contribution >= 4 is 0 Å². The summed E-state index contributed by atoms with van der Waals surface area (Å²) in [4.78, 5) is 0. The summed E-state index contributed by atoms with van der Waals surface area (Å²) in [5, 5.41) is 0. The molecule has 0 aromatic heterocycles. The second-order valence-corrected chi connectivity index (χ2v) is 6.09. The third-order valence-corrected chi connectivity index (χ3v) is 4.46. The van der Waals surface area contributed by atoms with Crippen molar-refractivity contribution in [1.82, 2.24) is 0 Å². The van der Waals surface area contributed by atoms with Gasteiger partial charge in [-0.25, -0.2) is 0 Å². The van der Waals surface area contributed by atoms with Gasteiger partial charge in [-0.3, -0.25) is 0 Å². The van der Waals surface area contributed by atoms with Crippen LogP contribution < -0.4 is 0 Å². The first-order valence-electron chi connectivity index (χ1n) is 7.52. The Bertz CT molecular complexity index is 379. The van der Waals surface area contributed by atoms with Crippen molar-refractivity contribution in [1.29, 1.82) is 0 Å². The van der Waals surface area contributed by atoms with Gasteiger partial charge < -0.3 is 9.47 Å². The van der Waals surface area contributed by atoms with Crippen LogP contribution >= 0.6 is 0 Å². The van der Waals surface area contributed by atoms with E-state index in [2.05, 4.69) is 25.1 Å². The molecule has 1 aliphatic heterocycles. The Morgan fingerprint density at radius 3 is 2.20 bits per heavy atom. The number of benzene rings is 1.